The van der Waals surface area contributed by atoms with E-state index in [1.54, 1.807) is 4.57 Å². The van der Waals surface area contributed by atoms with Gasteiger partial charge >= 0.3 is 6.09 Å². The van der Waals surface area contributed by atoms with Crippen LogP contribution in [0, 0.1) is 17.2 Å². The standard InChI is InChI=1S/C17H28N4O2/c1-12(2)15(10-20-16(22)23-17(3,4)5)19-9-13-7-14(8-18)21(6)11-13/h7,11-12,15,19H,9-10H2,1-6H3,(H,20,22). The van der Waals surface area contributed by atoms with Crippen LogP contribution in [0.2, 0.25) is 0 Å². The molecule has 0 fully saturated rings. The zero-order valence-corrected chi connectivity index (χ0v) is 14.9. The van der Waals surface area contributed by atoms with E-state index in [2.05, 4.69) is 30.6 Å². The predicted molar refractivity (Wildman–Crippen MR) is 89.8 cm³/mol. The smallest absolute Gasteiger partial charge is 0.407 e. The molecular weight excluding hydrogens is 292 g/mol. The van der Waals surface area contributed by atoms with Crippen molar-refractivity contribution in [1.29, 1.82) is 5.26 Å². The van der Waals surface area contributed by atoms with E-state index in [0.717, 1.165) is 5.56 Å². The molecule has 1 amide bonds. The lowest BCUT2D eigenvalue weighted by Gasteiger charge is -2.24. The van der Waals surface area contributed by atoms with Crippen molar-refractivity contribution in [3.05, 3.63) is 23.5 Å². The maximum Gasteiger partial charge on any atom is 0.407 e. The van der Waals surface area contributed by atoms with E-state index in [1.165, 1.54) is 0 Å². The maximum absolute atomic E-state index is 11.7. The minimum absolute atomic E-state index is 0.119. The number of nitriles is 1. The first-order chi connectivity index (χ1) is 10.6. The van der Waals surface area contributed by atoms with Gasteiger partial charge in [-0.1, -0.05) is 13.8 Å². The van der Waals surface area contributed by atoms with Crippen molar-refractivity contribution < 1.29 is 9.53 Å². The highest BCUT2D eigenvalue weighted by Gasteiger charge is 2.19. The molecule has 2 N–H and O–H groups in total. The van der Waals surface area contributed by atoms with Gasteiger partial charge in [-0.25, -0.2) is 4.79 Å². The van der Waals surface area contributed by atoms with Crippen molar-refractivity contribution in [1.82, 2.24) is 15.2 Å². The van der Waals surface area contributed by atoms with Gasteiger partial charge in [0.15, 0.2) is 0 Å². The average Bonchev–Trinajstić information content (AvgIpc) is 2.76. The molecular formula is C17H28N4O2. The number of alkyl carbamates (subject to hydrolysis) is 1. The van der Waals surface area contributed by atoms with Gasteiger partial charge in [-0.2, -0.15) is 5.26 Å². The Labute approximate surface area is 138 Å². The number of carbonyl (C=O) groups excluding carboxylic acids is 1. The first kappa shape index (κ1) is 19.0. The number of ether oxygens (including phenoxy) is 1. The first-order valence-electron chi connectivity index (χ1n) is 7.88. The molecule has 1 aromatic heterocycles. The summed E-state index contributed by atoms with van der Waals surface area (Å²) in [5, 5.41) is 15.2. The Kier molecular flexibility index (Phi) is 6.64. The topological polar surface area (TPSA) is 79.1 Å². The van der Waals surface area contributed by atoms with Gasteiger partial charge in [0.1, 0.15) is 17.4 Å². The van der Waals surface area contributed by atoms with Gasteiger partial charge in [0.25, 0.3) is 0 Å². The van der Waals surface area contributed by atoms with Crippen LogP contribution in [-0.4, -0.2) is 28.8 Å². The van der Waals surface area contributed by atoms with Crippen LogP contribution < -0.4 is 10.6 Å². The summed E-state index contributed by atoms with van der Waals surface area (Å²) in [7, 11) is 1.85. The molecule has 1 rings (SSSR count). The van der Waals surface area contributed by atoms with Gasteiger partial charge in [0.05, 0.1) is 0 Å². The number of aromatic nitrogens is 1. The SMILES string of the molecule is CC(C)C(CNC(=O)OC(C)(C)C)NCc1cc(C#N)n(C)c1. The molecule has 1 aromatic rings. The van der Waals surface area contributed by atoms with Crippen LogP contribution in [0.4, 0.5) is 4.79 Å². The summed E-state index contributed by atoms with van der Waals surface area (Å²) in [6.45, 7) is 10.9. The Hall–Kier alpha value is -2.00. The van der Waals surface area contributed by atoms with Crippen molar-refractivity contribution in [3.63, 3.8) is 0 Å². The second-order valence-corrected chi connectivity index (χ2v) is 7.07. The molecule has 1 unspecified atom stereocenters. The summed E-state index contributed by atoms with van der Waals surface area (Å²) in [5.74, 6) is 0.351. The van der Waals surface area contributed by atoms with Gasteiger partial charge in [-0.15, -0.1) is 0 Å². The van der Waals surface area contributed by atoms with E-state index < -0.39 is 11.7 Å². The largest absolute Gasteiger partial charge is 0.444 e. The predicted octanol–water partition coefficient (Wildman–Crippen LogP) is 2.54. The van der Waals surface area contributed by atoms with Crippen molar-refractivity contribution in [3.8, 4) is 6.07 Å². The number of carbonyl (C=O) groups is 1. The quantitative estimate of drug-likeness (QED) is 0.844. The number of nitrogens with one attached hydrogen (secondary N) is 2. The van der Waals surface area contributed by atoms with Gasteiger partial charge in [-0.05, 0) is 38.3 Å². The summed E-state index contributed by atoms with van der Waals surface area (Å²) in [6, 6.07) is 4.13. The molecule has 0 bridgehead atoms. The van der Waals surface area contributed by atoms with E-state index in [1.807, 2.05) is 40.1 Å². The number of rotatable bonds is 6. The molecule has 0 aliphatic rings. The maximum atomic E-state index is 11.7. The number of hydrogen-bond acceptors (Lipinski definition) is 4. The third kappa shape index (κ3) is 6.74. The Morgan fingerprint density at radius 2 is 2.09 bits per heavy atom. The first-order valence-corrected chi connectivity index (χ1v) is 7.88. The molecule has 0 saturated carbocycles. The molecule has 0 saturated heterocycles. The fourth-order valence-electron chi connectivity index (χ4n) is 2.14. The van der Waals surface area contributed by atoms with E-state index in [0.29, 0.717) is 24.7 Å². The third-order valence-electron chi connectivity index (χ3n) is 3.41. The molecule has 1 atom stereocenters. The van der Waals surface area contributed by atoms with Crippen LogP contribution in [0.3, 0.4) is 0 Å². The number of amides is 1. The zero-order valence-electron chi connectivity index (χ0n) is 14.9. The fraction of sp³-hybridized carbons (Fsp3) is 0.647. The van der Waals surface area contributed by atoms with Crippen LogP contribution in [0.15, 0.2) is 12.3 Å². The van der Waals surface area contributed by atoms with Crippen LogP contribution in [-0.2, 0) is 18.3 Å². The lowest BCUT2D eigenvalue weighted by Crippen LogP contribution is -2.45. The molecule has 0 radical (unpaired) electrons. The highest BCUT2D eigenvalue weighted by Crippen LogP contribution is 2.09. The van der Waals surface area contributed by atoms with Gasteiger partial charge in [0, 0.05) is 32.4 Å². The fourth-order valence-corrected chi connectivity index (χ4v) is 2.14. The minimum atomic E-state index is -0.497. The molecule has 128 valence electrons. The summed E-state index contributed by atoms with van der Waals surface area (Å²) in [6.07, 6.45) is 1.53. The van der Waals surface area contributed by atoms with Crippen molar-refractivity contribution in [2.24, 2.45) is 13.0 Å². The van der Waals surface area contributed by atoms with Crippen LogP contribution in [0.5, 0.6) is 0 Å². The summed E-state index contributed by atoms with van der Waals surface area (Å²) < 4.78 is 7.05. The Morgan fingerprint density at radius 3 is 2.57 bits per heavy atom. The van der Waals surface area contributed by atoms with Crippen molar-refractivity contribution in [2.75, 3.05) is 6.54 Å². The average molecular weight is 320 g/mol. The van der Waals surface area contributed by atoms with E-state index in [9.17, 15) is 4.79 Å². The molecule has 6 heteroatoms. The van der Waals surface area contributed by atoms with Crippen molar-refractivity contribution >= 4 is 6.09 Å². The van der Waals surface area contributed by atoms with Crippen molar-refractivity contribution in [2.45, 2.75) is 52.8 Å². The second-order valence-electron chi connectivity index (χ2n) is 7.07. The van der Waals surface area contributed by atoms with Gasteiger partial charge in [-0.3, -0.25) is 0 Å². The third-order valence-corrected chi connectivity index (χ3v) is 3.41. The van der Waals surface area contributed by atoms with E-state index in [4.69, 9.17) is 10.00 Å². The highest BCUT2D eigenvalue weighted by atomic mass is 16.6. The molecule has 0 spiro atoms. The lowest BCUT2D eigenvalue weighted by atomic mass is 10.0. The Balaban J connectivity index is 2.52. The lowest BCUT2D eigenvalue weighted by molar-refractivity contribution is 0.0519. The van der Waals surface area contributed by atoms with Gasteiger partial charge < -0.3 is 19.9 Å². The molecule has 0 aromatic carbocycles. The monoisotopic (exact) mass is 320 g/mol. The molecule has 1 heterocycles. The van der Waals surface area contributed by atoms with E-state index in [-0.39, 0.29) is 6.04 Å². The zero-order chi connectivity index (χ0) is 17.6. The summed E-state index contributed by atoms with van der Waals surface area (Å²) >= 11 is 0. The summed E-state index contributed by atoms with van der Waals surface area (Å²) in [5.41, 5.74) is 1.18. The number of nitrogens with zero attached hydrogens (tertiary/aromatic N) is 2. The van der Waals surface area contributed by atoms with Crippen LogP contribution in [0.1, 0.15) is 45.9 Å². The Morgan fingerprint density at radius 1 is 1.43 bits per heavy atom. The van der Waals surface area contributed by atoms with Crippen LogP contribution >= 0.6 is 0 Å². The molecule has 0 aliphatic carbocycles. The highest BCUT2D eigenvalue weighted by molar-refractivity contribution is 5.67. The van der Waals surface area contributed by atoms with Crippen LogP contribution in [0.25, 0.3) is 0 Å². The molecule has 23 heavy (non-hydrogen) atoms. The second kappa shape index (κ2) is 8.02. The Bertz CT molecular complexity index is 564. The van der Waals surface area contributed by atoms with E-state index >= 15 is 0 Å². The summed E-state index contributed by atoms with van der Waals surface area (Å²) in [4.78, 5) is 11.7. The molecule has 0 aliphatic heterocycles. The number of aryl methyl sites for hydroxylation is 1. The van der Waals surface area contributed by atoms with Gasteiger partial charge in [0.2, 0.25) is 0 Å². The number of hydrogen-bond donors (Lipinski definition) is 2. The minimum Gasteiger partial charge on any atom is -0.444 e. The normalized spacial score (nSPS) is 12.8. The molecule has 6 nitrogen and oxygen atoms in total.